The van der Waals surface area contributed by atoms with Crippen LogP contribution in [0.15, 0.2) is 10.3 Å². The summed E-state index contributed by atoms with van der Waals surface area (Å²) in [5.74, 6) is 0.668. The molecule has 2 N–H and O–H groups in total. The monoisotopic (exact) mass is 254 g/mol. The number of carbonyl (C=O) groups is 1. The Bertz CT molecular complexity index is 426. The summed E-state index contributed by atoms with van der Waals surface area (Å²) in [5.41, 5.74) is 1.01. The van der Waals surface area contributed by atoms with E-state index in [0.717, 1.165) is 11.7 Å². The van der Waals surface area contributed by atoms with Gasteiger partial charge in [0.25, 0.3) is 0 Å². The number of fused-ring (bicyclic) bond motifs is 1. The molecule has 0 spiro atoms. The largest absolute Gasteiger partial charge is 0.324 e. The van der Waals surface area contributed by atoms with Gasteiger partial charge in [0.15, 0.2) is 0 Å². The topological polar surface area (TPSA) is 41.1 Å². The van der Waals surface area contributed by atoms with Crippen LogP contribution in [-0.2, 0) is 4.79 Å². The smallest absolute Gasteiger partial charge is 0.234 e. The number of amides is 1. The summed E-state index contributed by atoms with van der Waals surface area (Å²) in [7, 11) is 0. The molecule has 1 amide bonds. The Morgan fingerprint density at radius 3 is 3.12 bits per heavy atom. The molecule has 1 saturated carbocycles. The first-order valence-corrected chi connectivity index (χ1v) is 7.35. The summed E-state index contributed by atoms with van der Waals surface area (Å²) in [6.07, 6.45) is 2.61. The van der Waals surface area contributed by atoms with Crippen molar-refractivity contribution in [2.75, 3.05) is 11.1 Å². The standard InChI is InChI=1S/C11H14N2OS2/c1-6(12-7-2-3-7)9-4-8-11(16-9)15-5-10(14)13-8/h4,6-7,12H,2-3,5H2,1H3,(H,13,14). The van der Waals surface area contributed by atoms with Crippen molar-refractivity contribution < 1.29 is 4.79 Å². The SMILES string of the molecule is CC(NC1CC1)c1cc2c(s1)SCC(=O)N2. The highest BCUT2D eigenvalue weighted by Crippen LogP contribution is 2.41. The van der Waals surface area contributed by atoms with Gasteiger partial charge < -0.3 is 10.6 Å². The maximum Gasteiger partial charge on any atom is 0.234 e. The van der Waals surface area contributed by atoms with E-state index in [2.05, 4.69) is 23.6 Å². The van der Waals surface area contributed by atoms with Crippen LogP contribution < -0.4 is 10.6 Å². The van der Waals surface area contributed by atoms with E-state index in [1.54, 1.807) is 23.1 Å². The predicted molar refractivity (Wildman–Crippen MR) is 68.2 cm³/mol. The van der Waals surface area contributed by atoms with Crippen LogP contribution in [0.2, 0.25) is 0 Å². The van der Waals surface area contributed by atoms with Crippen LogP contribution in [0.4, 0.5) is 5.69 Å². The minimum Gasteiger partial charge on any atom is -0.324 e. The average molecular weight is 254 g/mol. The van der Waals surface area contributed by atoms with Crippen LogP contribution in [-0.4, -0.2) is 17.7 Å². The fraction of sp³-hybridized carbons (Fsp3) is 0.545. The van der Waals surface area contributed by atoms with Crippen LogP contribution in [0.3, 0.4) is 0 Å². The third-order valence-electron chi connectivity index (χ3n) is 2.82. The van der Waals surface area contributed by atoms with Crippen molar-refractivity contribution in [1.29, 1.82) is 0 Å². The Hall–Kier alpha value is -0.520. The Balaban J connectivity index is 1.77. The quantitative estimate of drug-likeness (QED) is 0.871. The summed E-state index contributed by atoms with van der Waals surface area (Å²) >= 11 is 3.45. The van der Waals surface area contributed by atoms with E-state index < -0.39 is 0 Å². The highest BCUT2D eigenvalue weighted by Gasteiger charge is 2.25. The summed E-state index contributed by atoms with van der Waals surface area (Å²) in [6.45, 7) is 2.20. The number of carbonyl (C=O) groups excluding carboxylic acids is 1. The highest BCUT2D eigenvalue weighted by molar-refractivity contribution is 8.02. The molecule has 0 radical (unpaired) electrons. The molecule has 16 heavy (non-hydrogen) atoms. The van der Waals surface area contributed by atoms with Gasteiger partial charge in [-0.05, 0) is 25.8 Å². The van der Waals surface area contributed by atoms with Crippen molar-refractivity contribution in [3.05, 3.63) is 10.9 Å². The number of hydrogen-bond donors (Lipinski definition) is 2. The number of thioether (sulfide) groups is 1. The highest BCUT2D eigenvalue weighted by atomic mass is 32.2. The second-order valence-corrected chi connectivity index (χ2v) is 6.68. The van der Waals surface area contributed by atoms with Crippen molar-refractivity contribution >= 4 is 34.7 Å². The van der Waals surface area contributed by atoms with Gasteiger partial charge in [0.1, 0.15) is 0 Å². The number of rotatable bonds is 3. The zero-order valence-electron chi connectivity index (χ0n) is 9.08. The van der Waals surface area contributed by atoms with Crippen LogP contribution in [0.25, 0.3) is 0 Å². The summed E-state index contributed by atoms with van der Waals surface area (Å²) < 4.78 is 1.25. The van der Waals surface area contributed by atoms with Crippen molar-refractivity contribution in [2.45, 2.75) is 36.1 Å². The van der Waals surface area contributed by atoms with Crippen LogP contribution in [0, 0.1) is 0 Å². The molecule has 5 heteroatoms. The zero-order chi connectivity index (χ0) is 11.1. The average Bonchev–Trinajstić information content (AvgIpc) is 2.95. The summed E-state index contributed by atoms with van der Waals surface area (Å²) in [4.78, 5) is 12.6. The van der Waals surface area contributed by atoms with Gasteiger partial charge in [0, 0.05) is 17.0 Å². The fourth-order valence-electron chi connectivity index (χ4n) is 1.80. The van der Waals surface area contributed by atoms with Gasteiger partial charge in [-0.1, -0.05) is 0 Å². The van der Waals surface area contributed by atoms with E-state index in [9.17, 15) is 4.79 Å². The zero-order valence-corrected chi connectivity index (χ0v) is 10.7. The predicted octanol–water partition coefficient (Wildman–Crippen LogP) is 2.61. The van der Waals surface area contributed by atoms with E-state index in [1.807, 2.05) is 0 Å². The number of nitrogens with one attached hydrogen (secondary N) is 2. The Kier molecular flexibility index (Phi) is 2.69. The van der Waals surface area contributed by atoms with Crippen molar-refractivity contribution in [2.24, 2.45) is 0 Å². The lowest BCUT2D eigenvalue weighted by molar-refractivity contribution is -0.113. The first-order valence-electron chi connectivity index (χ1n) is 5.55. The maximum atomic E-state index is 11.2. The fourth-order valence-corrected chi connectivity index (χ4v) is 3.96. The molecule has 0 aromatic carbocycles. The van der Waals surface area contributed by atoms with Crippen LogP contribution in [0.5, 0.6) is 0 Å². The third kappa shape index (κ3) is 2.12. The number of thiophene rings is 1. The van der Waals surface area contributed by atoms with Gasteiger partial charge in [0.2, 0.25) is 5.91 Å². The lowest BCUT2D eigenvalue weighted by atomic mass is 10.2. The van der Waals surface area contributed by atoms with E-state index in [-0.39, 0.29) is 5.91 Å². The molecule has 0 saturated heterocycles. The lowest BCUT2D eigenvalue weighted by Gasteiger charge is -2.10. The molecule has 1 fully saturated rings. The molecule has 1 aliphatic heterocycles. The molecule has 1 aliphatic carbocycles. The van der Waals surface area contributed by atoms with Gasteiger partial charge in [0.05, 0.1) is 15.6 Å². The van der Waals surface area contributed by atoms with Gasteiger partial charge in [-0.15, -0.1) is 23.1 Å². The minimum absolute atomic E-state index is 0.115. The minimum atomic E-state index is 0.115. The molecular formula is C11H14N2OS2. The van der Waals surface area contributed by atoms with Crippen LogP contribution in [0.1, 0.15) is 30.7 Å². The first kappa shape index (κ1) is 10.6. The molecule has 0 bridgehead atoms. The van der Waals surface area contributed by atoms with Gasteiger partial charge >= 0.3 is 0 Å². The van der Waals surface area contributed by atoms with E-state index >= 15 is 0 Å². The molecule has 3 rings (SSSR count). The van der Waals surface area contributed by atoms with Crippen molar-refractivity contribution in [3.8, 4) is 0 Å². The Morgan fingerprint density at radius 1 is 1.56 bits per heavy atom. The van der Waals surface area contributed by atoms with Crippen LogP contribution >= 0.6 is 23.1 Å². The normalized spacial score (nSPS) is 21.4. The summed E-state index contributed by atoms with van der Waals surface area (Å²) in [6, 6.07) is 3.24. The second kappa shape index (κ2) is 4.05. The third-order valence-corrected chi connectivity index (χ3v) is 5.42. The first-order chi connectivity index (χ1) is 7.72. The van der Waals surface area contributed by atoms with Crippen molar-refractivity contribution in [1.82, 2.24) is 5.32 Å². The lowest BCUT2D eigenvalue weighted by Crippen LogP contribution is -2.19. The van der Waals surface area contributed by atoms with Gasteiger partial charge in [-0.3, -0.25) is 4.79 Å². The molecule has 1 unspecified atom stereocenters. The second-order valence-electron chi connectivity index (χ2n) is 4.35. The molecule has 1 aromatic heterocycles. The van der Waals surface area contributed by atoms with Gasteiger partial charge in [-0.2, -0.15) is 0 Å². The maximum absolute atomic E-state index is 11.2. The van der Waals surface area contributed by atoms with Crippen molar-refractivity contribution in [3.63, 3.8) is 0 Å². The van der Waals surface area contributed by atoms with E-state index in [1.165, 1.54) is 21.9 Å². The number of hydrogen-bond acceptors (Lipinski definition) is 4. The molecule has 1 aromatic rings. The number of anilines is 1. The van der Waals surface area contributed by atoms with E-state index in [4.69, 9.17) is 0 Å². The molecule has 2 heterocycles. The molecular weight excluding hydrogens is 240 g/mol. The Labute approximate surface area is 103 Å². The summed E-state index contributed by atoms with van der Waals surface area (Å²) in [5, 5.41) is 6.51. The molecule has 3 nitrogen and oxygen atoms in total. The van der Waals surface area contributed by atoms with E-state index in [0.29, 0.717) is 11.8 Å². The van der Waals surface area contributed by atoms with Gasteiger partial charge in [-0.25, -0.2) is 0 Å². The Morgan fingerprint density at radius 2 is 2.38 bits per heavy atom. The molecule has 1 atom stereocenters. The molecule has 86 valence electrons. The molecule has 2 aliphatic rings.